The zero-order valence-electron chi connectivity index (χ0n) is 12.8. The van der Waals surface area contributed by atoms with Crippen molar-refractivity contribution in [3.63, 3.8) is 0 Å². The van der Waals surface area contributed by atoms with E-state index in [0.717, 1.165) is 18.8 Å². The lowest BCUT2D eigenvalue weighted by Gasteiger charge is -2.34. The van der Waals surface area contributed by atoms with Crippen molar-refractivity contribution >= 4 is 29.0 Å². The van der Waals surface area contributed by atoms with Gasteiger partial charge in [-0.15, -0.1) is 5.10 Å². The number of amides is 1. The Labute approximate surface area is 147 Å². The van der Waals surface area contributed by atoms with Gasteiger partial charge in [-0.2, -0.15) is 0 Å². The highest BCUT2D eigenvalue weighted by Gasteiger charge is 2.22. The molecule has 0 spiro atoms. The van der Waals surface area contributed by atoms with Crippen LogP contribution in [0.5, 0.6) is 5.75 Å². The van der Waals surface area contributed by atoms with E-state index in [9.17, 15) is 9.18 Å². The van der Waals surface area contributed by atoms with E-state index >= 15 is 0 Å². The van der Waals surface area contributed by atoms with Gasteiger partial charge in [0.1, 0.15) is 21.6 Å². The maximum absolute atomic E-state index is 12.8. The highest BCUT2D eigenvalue weighted by Crippen LogP contribution is 2.19. The molecule has 3 rings (SSSR count). The lowest BCUT2D eigenvalue weighted by Crippen LogP contribution is -2.49. The number of hydrogen-bond donors (Lipinski definition) is 0. The molecule has 1 saturated heterocycles. The van der Waals surface area contributed by atoms with Crippen LogP contribution in [-0.2, 0) is 11.3 Å². The molecule has 1 aromatic carbocycles. The summed E-state index contributed by atoms with van der Waals surface area (Å²) in [6.07, 6.45) is 0. The van der Waals surface area contributed by atoms with Crippen LogP contribution in [0.25, 0.3) is 0 Å². The highest BCUT2D eigenvalue weighted by molar-refractivity contribution is 7.10. The van der Waals surface area contributed by atoms with Crippen LogP contribution in [0.2, 0.25) is 4.34 Å². The van der Waals surface area contributed by atoms with Crippen LogP contribution in [0, 0.1) is 5.82 Å². The molecule has 9 heteroatoms. The summed E-state index contributed by atoms with van der Waals surface area (Å²) in [5, 5.41) is 4.00. The number of nitrogens with zero attached hydrogens (tertiary/aromatic N) is 4. The second-order valence-electron chi connectivity index (χ2n) is 5.39. The van der Waals surface area contributed by atoms with Crippen LogP contribution in [0.15, 0.2) is 24.3 Å². The smallest absolute Gasteiger partial charge is 0.260 e. The first-order valence-corrected chi connectivity index (χ1v) is 8.62. The predicted octanol–water partition coefficient (Wildman–Crippen LogP) is 2.05. The molecule has 0 saturated carbocycles. The molecular weight excluding hydrogens is 355 g/mol. The van der Waals surface area contributed by atoms with Gasteiger partial charge in [0.15, 0.2) is 6.61 Å². The second-order valence-corrected chi connectivity index (χ2v) is 6.75. The number of piperazine rings is 1. The first-order valence-electron chi connectivity index (χ1n) is 7.47. The molecule has 1 fully saturated rings. The molecule has 2 aromatic rings. The summed E-state index contributed by atoms with van der Waals surface area (Å²) in [7, 11) is 0. The molecule has 0 aliphatic carbocycles. The Balaban J connectivity index is 1.43. The number of carbonyl (C=O) groups excluding carboxylic acids is 1. The van der Waals surface area contributed by atoms with Gasteiger partial charge >= 0.3 is 0 Å². The van der Waals surface area contributed by atoms with Crippen LogP contribution in [-0.4, -0.2) is 58.1 Å². The topological polar surface area (TPSA) is 58.6 Å². The summed E-state index contributed by atoms with van der Waals surface area (Å²) in [4.78, 5) is 16.1. The third kappa shape index (κ3) is 4.40. The van der Waals surface area contributed by atoms with Gasteiger partial charge < -0.3 is 9.64 Å². The molecule has 24 heavy (non-hydrogen) atoms. The number of carbonyl (C=O) groups is 1. The Hall–Kier alpha value is -1.77. The largest absolute Gasteiger partial charge is 0.484 e. The number of halogens is 2. The molecule has 0 radical (unpaired) electrons. The number of rotatable bonds is 5. The first-order chi connectivity index (χ1) is 11.6. The van der Waals surface area contributed by atoms with Gasteiger partial charge in [-0.1, -0.05) is 16.1 Å². The molecule has 128 valence electrons. The van der Waals surface area contributed by atoms with Crippen LogP contribution in [0.4, 0.5) is 4.39 Å². The fraction of sp³-hybridized carbons (Fsp3) is 0.400. The fourth-order valence-electron chi connectivity index (χ4n) is 2.43. The minimum absolute atomic E-state index is 0.0481. The Morgan fingerprint density at radius 1 is 1.25 bits per heavy atom. The van der Waals surface area contributed by atoms with Gasteiger partial charge in [0, 0.05) is 44.3 Å². The van der Waals surface area contributed by atoms with Crippen molar-refractivity contribution < 1.29 is 13.9 Å². The minimum Gasteiger partial charge on any atom is -0.484 e. The average Bonchev–Trinajstić information content (AvgIpc) is 3.00. The predicted molar refractivity (Wildman–Crippen MR) is 88.7 cm³/mol. The van der Waals surface area contributed by atoms with Crippen LogP contribution in [0.1, 0.15) is 5.69 Å². The molecule has 6 nitrogen and oxygen atoms in total. The summed E-state index contributed by atoms with van der Waals surface area (Å²) >= 11 is 7.19. The third-order valence-electron chi connectivity index (χ3n) is 3.78. The summed E-state index contributed by atoms with van der Waals surface area (Å²) < 4.78 is 22.6. The van der Waals surface area contributed by atoms with E-state index in [1.807, 2.05) is 0 Å². The Kier molecular flexibility index (Phi) is 5.60. The molecular formula is C15H16ClFN4O2S. The maximum atomic E-state index is 12.8. The molecule has 0 unspecified atom stereocenters. The summed E-state index contributed by atoms with van der Waals surface area (Å²) in [5.41, 5.74) is 0.779. The monoisotopic (exact) mass is 370 g/mol. The quantitative estimate of drug-likeness (QED) is 0.806. The van der Waals surface area contributed by atoms with Gasteiger partial charge in [-0.05, 0) is 24.3 Å². The van der Waals surface area contributed by atoms with E-state index < -0.39 is 0 Å². The highest BCUT2D eigenvalue weighted by atomic mass is 35.5. The van der Waals surface area contributed by atoms with Crippen LogP contribution in [0.3, 0.4) is 0 Å². The van der Waals surface area contributed by atoms with Gasteiger partial charge in [0.25, 0.3) is 5.91 Å². The zero-order chi connectivity index (χ0) is 16.9. The Morgan fingerprint density at radius 3 is 2.58 bits per heavy atom. The van der Waals surface area contributed by atoms with Gasteiger partial charge in [0.05, 0.1) is 0 Å². The van der Waals surface area contributed by atoms with Gasteiger partial charge in [-0.3, -0.25) is 9.69 Å². The summed E-state index contributed by atoms with van der Waals surface area (Å²) in [6.45, 7) is 3.34. The fourth-order valence-corrected chi connectivity index (χ4v) is 3.04. The minimum atomic E-state index is -0.333. The van der Waals surface area contributed by atoms with Crippen molar-refractivity contribution in [3.8, 4) is 5.75 Å². The van der Waals surface area contributed by atoms with Crippen molar-refractivity contribution in [1.82, 2.24) is 19.4 Å². The molecule has 2 heterocycles. The van der Waals surface area contributed by atoms with Crippen molar-refractivity contribution in [2.75, 3.05) is 32.8 Å². The number of benzene rings is 1. The molecule has 0 bridgehead atoms. The molecule has 0 atom stereocenters. The molecule has 1 amide bonds. The molecule has 0 N–H and O–H groups in total. The maximum Gasteiger partial charge on any atom is 0.260 e. The van der Waals surface area contributed by atoms with Gasteiger partial charge in [0.2, 0.25) is 0 Å². The normalized spacial score (nSPS) is 15.5. The van der Waals surface area contributed by atoms with Crippen molar-refractivity contribution in [1.29, 1.82) is 0 Å². The Bertz CT molecular complexity index is 689. The summed E-state index contributed by atoms with van der Waals surface area (Å²) in [5.74, 6) is 0.0709. The lowest BCUT2D eigenvalue weighted by molar-refractivity contribution is -0.135. The van der Waals surface area contributed by atoms with E-state index in [2.05, 4.69) is 14.5 Å². The zero-order valence-corrected chi connectivity index (χ0v) is 14.4. The molecule has 1 aromatic heterocycles. The van der Waals surface area contributed by atoms with Crippen LogP contribution < -0.4 is 4.74 Å². The van der Waals surface area contributed by atoms with Crippen molar-refractivity contribution in [2.45, 2.75) is 6.54 Å². The van der Waals surface area contributed by atoms with E-state index in [0.29, 0.717) is 29.7 Å². The van der Waals surface area contributed by atoms with E-state index in [-0.39, 0.29) is 18.3 Å². The number of aromatic nitrogens is 2. The van der Waals surface area contributed by atoms with Crippen LogP contribution >= 0.6 is 23.1 Å². The van der Waals surface area contributed by atoms with Gasteiger partial charge in [-0.25, -0.2) is 4.39 Å². The standard InChI is InChI=1S/C15H16ClFN4O2S/c16-15-13(18-19-24-15)9-20-5-7-21(8-6-20)14(22)10-23-12-3-1-11(17)2-4-12/h1-4H,5-10H2. The first kappa shape index (κ1) is 17.1. The third-order valence-corrected chi connectivity index (χ3v) is 4.77. The van der Waals surface area contributed by atoms with E-state index in [4.69, 9.17) is 16.3 Å². The Morgan fingerprint density at radius 2 is 1.96 bits per heavy atom. The SMILES string of the molecule is O=C(COc1ccc(F)cc1)N1CCN(Cc2nnsc2Cl)CC1. The van der Waals surface area contributed by atoms with Crippen molar-refractivity contribution in [2.24, 2.45) is 0 Å². The molecule has 1 aliphatic heterocycles. The second kappa shape index (κ2) is 7.87. The average molecular weight is 371 g/mol. The lowest BCUT2D eigenvalue weighted by atomic mass is 10.3. The summed E-state index contributed by atoms with van der Waals surface area (Å²) in [6, 6.07) is 5.62. The molecule has 1 aliphatic rings. The van der Waals surface area contributed by atoms with E-state index in [1.165, 1.54) is 35.8 Å². The van der Waals surface area contributed by atoms with Crippen molar-refractivity contribution in [3.05, 3.63) is 40.1 Å². The van der Waals surface area contributed by atoms with E-state index in [1.54, 1.807) is 4.90 Å². The number of ether oxygens (including phenoxy) is 1. The number of hydrogen-bond acceptors (Lipinski definition) is 6.